The SMILES string of the molecule is O=C(CC(=O)N1CCCc2ccccc21)NC1CCS(=O)(=O)C1. The van der Waals surface area contributed by atoms with E-state index in [-0.39, 0.29) is 29.9 Å². The van der Waals surface area contributed by atoms with Gasteiger partial charge in [-0.3, -0.25) is 9.59 Å². The van der Waals surface area contributed by atoms with Gasteiger partial charge in [0.05, 0.1) is 11.5 Å². The van der Waals surface area contributed by atoms with Crippen LogP contribution in [0, 0.1) is 0 Å². The van der Waals surface area contributed by atoms with Crippen LogP contribution in [0.5, 0.6) is 0 Å². The molecule has 1 fully saturated rings. The van der Waals surface area contributed by atoms with Gasteiger partial charge in [-0.2, -0.15) is 0 Å². The van der Waals surface area contributed by atoms with Crippen molar-refractivity contribution in [2.75, 3.05) is 23.0 Å². The van der Waals surface area contributed by atoms with Gasteiger partial charge in [0.2, 0.25) is 11.8 Å². The number of benzene rings is 1. The van der Waals surface area contributed by atoms with Gasteiger partial charge in [0, 0.05) is 18.3 Å². The van der Waals surface area contributed by atoms with E-state index in [1.54, 1.807) is 4.90 Å². The first-order chi connectivity index (χ1) is 10.9. The summed E-state index contributed by atoms with van der Waals surface area (Å²) >= 11 is 0. The number of rotatable bonds is 3. The summed E-state index contributed by atoms with van der Waals surface area (Å²) in [4.78, 5) is 26.1. The number of fused-ring (bicyclic) bond motifs is 1. The van der Waals surface area contributed by atoms with Crippen LogP contribution in [-0.4, -0.2) is 44.3 Å². The van der Waals surface area contributed by atoms with Crippen LogP contribution in [0.15, 0.2) is 24.3 Å². The molecule has 3 rings (SSSR count). The second kappa shape index (κ2) is 6.31. The summed E-state index contributed by atoms with van der Waals surface area (Å²) in [6, 6.07) is 7.36. The predicted molar refractivity (Wildman–Crippen MR) is 86.9 cm³/mol. The Balaban J connectivity index is 1.60. The molecule has 1 saturated heterocycles. The lowest BCUT2D eigenvalue weighted by Gasteiger charge is -2.29. The van der Waals surface area contributed by atoms with E-state index in [9.17, 15) is 18.0 Å². The maximum Gasteiger partial charge on any atom is 0.236 e. The molecule has 0 bridgehead atoms. The number of amides is 2. The van der Waals surface area contributed by atoms with Gasteiger partial charge in [-0.15, -0.1) is 0 Å². The van der Waals surface area contributed by atoms with Crippen molar-refractivity contribution < 1.29 is 18.0 Å². The Labute approximate surface area is 135 Å². The van der Waals surface area contributed by atoms with E-state index < -0.39 is 15.7 Å². The molecule has 23 heavy (non-hydrogen) atoms. The number of nitrogens with zero attached hydrogens (tertiary/aromatic N) is 1. The Morgan fingerprint density at radius 2 is 2.04 bits per heavy atom. The first-order valence-electron chi connectivity index (χ1n) is 7.83. The molecule has 6 nitrogen and oxygen atoms in total. The van der Waals surface area contributed by atoms with E-state index in [4.69, 9.17) is 0 Å². The van der Waals surface area contributed by atoms with Crippen molar-refractivity contribution in [3.8, 4) is 0 Å². The largest absolute Gasteiger partial charge is 0.352 e. The molecule has 2 heterocycles. The Kier molecular flexibility index (Phi) is 4.39. The lowest BCUT2D eigenvalue weighted by atomic mass is 10.0. The molecule has 2 amide bonds. The molecule has 2 aliphatic heterocycles. The molecule has 0 saturated carbocycles. The molecule has 0 spiro atoms. The summed E-state index contributed by atoms with van der Waals surface area (Å²) in [6.07, 6.45) is 2.00. The number of sulfone groups is 1. The number of aryl methyl sites for hydroxylation is 1. The molecule has 0 aliphatic carbocycles. The van der Waals surface area contributed by atoms with Gasteiger partial charge in [-0.1, -0.05) is 18.2 Å². The van der Waals surface area contributed by atoms with E-state index in [0.717, 1.165) is 24.1 Å². The molecule has 1 N–H and O–H groups in total. The predicted octanol–water partition coefficient (Wildman–Crippen LogP) is 0.659. The monoisotopic (exact) mass is 336 g/mol. The highest BCUT2D eigenvalue weighted by Crippen LogP contribution is 2.27. The molecule has 0 radical (unpaired) electrons. The van der Waals surface area contributed by atoms with E-state index >= 15 is 0 Å². The Morgan fingerprint density at radius 3 is 2.78 bits per heavy atom. The molecule has 0 aromatic heterocycles. The summed E-state index contributed by atoms with van der Waals surface area (Å²) in [5.41, 5.74) is 1.99. The average Bonchev–Trinajstić information content (AvgIpc) is 2.85. The van der Waals surface area contributed by atoms with E-state index in [0.29, 0.717) is 13.0 Å². The molecular formula is C16H20N2O4S. The number of hydrogen-bond donors (Lipinski definition) is 1. The molecule has 1 aromatic rings. The lowest BCUT2D eigenvalue weighted by Crippen LogP contribution is -2.41. The molecular weight excluding hydrogens is 316 g/mol. The Hall–Kier alpha value is -1.89. The van der Waals surface area contributed by atoms with Crippen LogP contribution in [0.1, 0.15) is 24.8 Å². The average molecular weight is 336 g/mol. The molecule has 124 valence electrons. The summed E-state index contributed by atoms with van der Waals surface area (Å²) < 4.78 is 22.8. The van der Waals surface area contributed by atoms with Crippen molar-refractivity contribution in [1.82, 2.24) is 5.32 Å². The fraction of sp³-hybridized carbons (Fsp3) is 0.500. The summed E-state index contributed by atoms with van der Waals surface area (Å²) in [7, 11) is -3.04. The standard InChI is InChI=1S/C16H20N2O4S/c19-15(17-13-7-9-23(21,22)11-13)10-16(20)18-8-3-5-12-4-1-2-6-14(12)18/h1-2,4,6,13H,3,5,7-11H2,(H,17,19). The zero-order chi connectivity index (χ0) is 16.4. The highest BCUT2D eigenvalue weighted by atomic mass is 32.2. The number of carbonyl (C=O) groups excluding carboxylic acids is 2. The van der Waals surface area contributed by atoms with Gasteiger partial charge < -0.3 is 10.2 Å². The third kappa shape index (κ3) is 3.72. The second-order valence-corrected chi connectivity index (χ2v) is 8.35. The second-order valence-electron chi connectivity index (χ2n) is 6.12. The van der Waals surface area contributed by atoms with Crippen LogP contribution in [-0.2, 0) is 25.8 Å². The number of hydrogen-bond acceptors (Lipinski definition) is 4. The summed E-state index contributed by atoms with van der Waals surface area (Å²) in [6.45, 7) is 0.612. The van der Waals surface area contributed by atoms with Gasteiger partial charge in [0.25, 0.3) is 0 Å². The van der Waals surface area contributed by atoms with E-state index in [1.807, 2.05) is 24.3 Å². The lowest BCUT2D eigenvalue weighted by molar-refractivity contribution is -0.128. The minimum atomic E-state index is -3.04. The number of nitrogens with one attached hydrogen (secondary N) is 1. The minimum Gasteiger partial charge on any atom is -0.352 e. The van der Waals surface area contributed by atoms with Gasteiger partial charge in [0.1, 0.15) is 6.42 Å². The highest BCUT2D eigenvalue weighted by Gasteiger charge is 2.30. The van der Waals surface area contributed by atoms with Crippen molar-refractivity contribution in [2.24, 2.45) is 0 Å². The molecule has 1 atom stereocenters. The highest BCUT2D eigenvalue weighted by molar-refractivity contribution is 7.91. The van der Waals surface area contributed by atoms with Crippen molar-refractivity contribution >= 4 is 27.3 Å². The third-order valence-corrected chi connectivity index (χ3v) is 6.09. The van der Waals surface area contributed by atoms with Crippen molar-refractivity contribution in [3.05, 3.63) is 29.8 Å². The van der Waals surface area contributed by atoms with Crippen LogP contribution in [0.3, 0.4) is 0 Å². The van der Waals surface area contributed by atoms with Crippen molar-refractivity contribution in [1.29, 1.82) is 0 Å². The summed E-state index contributed by atoms with van der Waals surface area (Å²) in [5.74, 6) is -0.569. The zero-order valence-electron chi connectivity index (χ0n) is 12.8. The van der Waals surface area contributed by atoms with Gasteiger partial charge in [-0.25, -0.2) is 8.42 Å². The van der Waals surface area contributed by atoms with Crippen LogP contribution in [0.25, 0.3) is 0 Å². The fourth-order valence-corrected chi connectivity index (χ4v) is 4.89. The Bertz CT molecular complexity index is 729. The maximum absolute atomic E-state index is 12.4. The van der Waals surface area contributed by atoms with E-state index in [1.165, 1.54) is 0 Å². The fourth-order valence-electron chi connectivity index (χ4n) is 3.21. The molecule has 1 unspecified atom stereocenters. The van der Waals surface area contributed by atoms with Crippen molar-refractivity contribution in [2.45, 2.75) is 31.7 Å². The quantitative estimate of drug-likeness (QED) is 0.822. The normalized spacial score (nSPS) is 22.4. The molecule has 7 heteroatoms. The summed E-state index contributed by atoms with van der Waals surface area (Å²) in [5, 5.41) is 2.66. The molecule has 1 aromatic carbocycles. The number of para-hydroxylation sites is 1. The van der Waals surface area contributed by atoms with Gasteiger partial charge >= 0.3 is 0 Å². The molecule has 2 aliphatic rings. The Morgan fingerprint density at radius 1 is 1.26 bits per heavy atom. The van der Waals surface area contributed by atoms with Crippen LogP contribution >= 0.6 is 0 Å². The van der Waals surface area contributed by atoms with E-state index in [2.05, 4.69) is 5.32 Å². The zero-order valence-corrected chi connectivity index (χ0v) is 13.6. The first kappa shape index (κ1) is 16.0. The third-order valence-electron chi connectivity index (χ3n) is 4.32. The topological polar surface area (TPSA) is 83.6 Å². The van der Waals surface area contributed by atoms with Crippen molar-refractivity contribution in [3.63, 3.8) is 0 Å². The van der Waals surface area contributed by atoms with Crippen LogP contribution in [0.2, 0.25) is 0 Å². The van der Waals surface area contributed by atoms with Crippen LogP contribution < -0.4 is 10.2 Å². The first-order valence-corrected chi connectivity index (χ1v) is 9.65. The maximum atomic E-state index is 12.4. The minimum absolute atomic E-state index is 0.0283. The van der Waals surface area contributed by atoms with Gasteiger partial charge in [-0.05, 0) is 30.9 Å². The number of carbonyl (C=O) groups is 2. The van der Waals surface area contributed by atoms with Crippen LogP contribution in [0.4, 0.5) is 5.69 Å². The number of anilines is 1. The van der Waals surface area contributed by atoms with Gasteiger partial charge in [0.15, 0.2) is 9.84 Å². The smallest absolute Gasteiger partial charge is 0.236 e.